The van der Waals surface area contributed by atoms with Crippen LogP contribution in [0.5, 0.6) is 11.5 Å². The van der Waals surface area contributed by atoms with Crippen LogP contribution in [0.25, 0.3) is 0 Å². The van der Waals surface area contributed by atoms with Crippen LogP contribution in [0, 0.1) is 0 Å². The van der Waals surface area contributed by atoms with Gasteiger partial charge in [0.15, 0.2) is 6.61 Å². The number of ether oxygens (including phenoxy) is 3. The van der Waals surface area contributed by atoms with E-state index in [0.29, 0.717) is 34.4 Å². The van der Waals surface area contributed by atoms with Crippen molar-refractivity contribution in [1.82, 2.24) is 0 Å². The van der Waals surface area contributed by atoms with E-state index in [-0.39, 0.29) is 6.61 Å². The second-order valence-electron chi connectivity index (χ2n) is 6.45. The predicted octanol–water partition coefficient (Wildman–Crippen LogP) is 5.04. The minimum Gasteiger partial charge on any atom is -0.492 e. The largest absolute Gasteiger partial charge is 0.492 e. The Bertz CT molecular complexity index is 1030. The van der Waals surface area contributed by atoms with Gasteiger partial charge in [0.25, 0.3) is 5.91 Å². The van der Waals surface area contributed by atoms with Crippen molar-refractivity contribution < 1.29 is 23.8 Å². The van der Waals surface area contributed by atoms with Gasteiger partial charge in [0.2, 0.25) is 6.10 Å². The number of hydrogen-bond donors (Lipinski definition) is 1. The molecule has 6 nitrogen and oxygen atoms in total. The van der Waals surface area contributed by atoms with Gasteiger partial charge in [0.1, 0.15) is 11.5 Å². The molecule has 0 heterocycles. The summed E-state index contributed by atoms with van der Waals surface area (Å²) in [7, 11) is 0. The van der Waals surface area contributed by atoms with E-state index in [1.807, 2.05) is 19.1 Å². The van der Waals surface area contributed by atoms with Gasteiger partial charge >= 0.3 is 5.97 Å². The van der Waals surface area contributed by atoms with Gasteiger partial charge in [-0.3, -0.25) is 4.79 Å². The molecule has 0 spiro atoms. The van der Waals surface area contributed by atoms with Gasteiger partial charge in [0.05, 0.1) is 12.3 Å². The summed E-state index contributed by atoms with van der Waals surface area (Å²) in [6.07, 6.45) is -1.16. The molecular weight excluding hydrogens is 418 g/mol. The Hall–Kier alpha value is -3.51. The zero-order valence-corrected chi connectivity index (χ0v) is 17.7. The highest BCUT2D eigenvalue weighted by Crippen LogP contribution is 2.27. The van der Waals surface area contributed by atoms with Crippen molar-refractivity contribution in [1.29, 1.82) is 0 Å². The minimum atomic E-state index is -1.16. The Morgan fingerprint density at radius 3 is 2.42 bits per heavy atom. The zero-order valence-electron chi connectivity index (χ0n) is 16.9. The molecule has 160 valence electrons. The number of nitrogens with one attached hydrogen (secondary N) is 1. The van der Waals surface area contributed by atoms with Gasteiger partial charge in [-0.05, 0) is 37.3 Å². The first-order valence-electron chi connectivity index (χ1n) is 9.72. The molecule has 1 unspecified atom stereocenters. The molecule has 0 bridgehead atoms. The lowest BCUT2D eigenvalue weighted by Crippen LogP contribution is -2.28. The SMILES string of the molecule is CCOc1ccccc1NC(=O)C(OC(=O)COc1cccc(Cl)c1)c1ccccc1. The second-order valence-corrected chi connectivity index (χ2v) is 6.88. The Balaban J connectivity index is 1.72. The first kappa shape index (κ1) is 22.2. The third-order valence-corrected chi connectivity index (χ3v) is 4.42. The van der Waals surface area contributed by atoms with Crippen LogP contribution in [0.2, 0.25) is 5.02 Å². The second kappa shape index (κ2) is 11.0. The molecule has 0 radical (unpaired) electrons. The van der Waals surface area contributed by atoms with Crippen LogP contribution in [-0.4, -0.2) is 25.1 Å². The Kier molecular flexibility index (Phi) is 7.90. The number of para-hydroxylation sites is 2. The number of halogens is 1. The molecule has 3 aromatic rings. The fourth-order valence-corrected chi connectivity index (χ4v) is 3.00. The quantitative estimate of drug-likeness (QED) is 0.473. The summed E-state index contributed by atoms with van der Waals surface area (Å²) < 4.78 is 16.4. The molecule has 1 N–H and O–H groups in total. The number of rotatable bonds is 9. The lowest BCUT2D eigenvalue weighted by atomic mass is 10.1. The van der Waals surface area contributed by atoms with Gasteiger partial charge in [-0.25, -0.2) is 4.79 Å². The van der Waals surface area contributed by atoms with Crippen LogP contribution in [0.1, 0.15) is 18.6 Å². The molecular formula is C24H22ClNO5. The standard InChI is InChI=1S/C24H22ClNO5/c1-2-29-21-14-7-6-13-20(21)26-24(28)23(17-9-4-3-5-10-17)31-22(27)16-30-19-12-8-11-18(25)15-19/h3-15,23H,2,16H2,1H3,(H,26,28). The summed E-state index contributed by atoms with van der Waals surface area (Å²) in [4.78, 5) is 25.4. The van der Waals surface area contributed by atoms with Crippen molar-refractivity contribution in [3.8, 4) is 11.5 Å². The maximum Gasteiger partial charge on any atom is 0.345 e. The van der Waals surface area contributed by atoms with E-state index in [2.05, 4.69) is 5.32 Å². The monoisotopic (exact) mass is 439 g/mol. The summed E-state index contributed by atoms with van der Waals surface area (Å²) in [6.45, 7) is 1.93. The highest BCUT2D eigenvalue weighted by atomic mass is 35.5. The van der Waals surface area contributed by atoms with Crippen molar-refractivity contribution >= 4 is 29.2 Å². The number of amides is 1. The molecule has 0 aromatic heterocycles. The summed E-state index contributed by atoms with van der Waals surface area (Å²) in [5.74, 6) is -0.242. The smallest absolute Gasteiger partial charge is 0.345 e. The molecule has 7 heteroatoms. The molecule has 3 aromatic carbocycles. The van der Waals surface area contributed by atoms with Gasteiger partial charge in [-0.2, -0.15) is 0 Å². The Morgan fingerprint density at radius 2 is 1.68 bits per heavy atom. The van der Waals surface area contributed by atoms with Gasteiger partial charge in [-0.1, -0.05) is 60.1 Å². The number of carbonyl (C=O) groups is 2. The average molecular weight is 440 g/mol. The fraction of sp³-hybridized carbons (Fsp3) is 0.167. The van der Waals surface area contributed by atoms with Crippen molar-refractivity contribution in [3.05, 3.63) is 89.4 Å². The van der Waals surface area contributed by atoms with Crippen molar-refractivity contribution in [2.24, 2.45) is 0 Å². The highest BCUT2D eigenvalue weighted by Gasteiger charge is 2.26. The topological polar surface area (TPSA) is 73.9 Å². The first-order chi connectivity index (χ1) is 15.1. The molecule has 0 saturated heterocycles. The average Bonchev–Trinajstić information content (AvgIpc) is 2.78. The highest BCUT2D eigenvalue weighted by molar-refractivity contribution is 6.30. The number of esters is 1. The maximum atomic E-state index is 13.0. The number of anilines is 1. The molecule has 0 aliphatic heterocycles. The van der Waals surface area contributed by atoms with Crippen LogP contribution < -0.4 is 14.8 Å². The van der Waals surface area contributed by atoms with Gasteiger partial charge < -0.3 is 19.5 Å². The van der Waals surface area contributed by atoms with E-state index in [9.17, 15) is 9.59 Å². The van der Waals surface area contributed by atoms with E-state index < -0.39 is 18.0 Å². The zero-order chi connectivity index (χ0) is 22.1. The molecule has 1 amide bonds. The van der Waals surface area contributed by atoms with E-state index >= 15 is 0 Å². The van der Waals surface area contributed by atoms with E-state index in [1.165, 1.54) is 0 Å². The van der Waals surface area contributed by atoms with Crippen LogP contribution in [0.4, 0.5) is 5.69 Å². The van der Waals surface area contributed by atoms with Crippen LogP contribution in [0.15, 0.2) is 78.9 Å². The molecule has 1 atom stereocenters. The van der Waals surface area contributed by atoms with Crippen LogP contribution in [0.3, 0.4) is 0 Å². The molecule has 0 aliphatic carbocycles. The Morgan fingerprint density at radius 1 is 0.935 bits per heavy atom. The summed E-state index contributed by atoms with van der Waals surface area (Å²) in [5, 5.41) is 3.27. The van der Waals surface area contributed by atoms with Crippen molar-refractivity contribution in [3.63, 3.8) is 0 Å². The normalized spacial score (nSPS) is 11.3. The summed E-state index contributed by atoms with van der Waals surface area (Å²) in [5.41, 5.74) is 1.02. The van der Waals surface area contributed by atoms with Gasteiger partial charge in [-0.15, -0.1) is 0 Å². The van der Waals surface area contributed by atoms with Crippen LogP contribution >= 0.6 is 11.6 Å². The fourth-order valence-electron chi connectivity index (χ4n) is 2.81. The van der Waals surface area contributed by atoms with Crippen molar-refractivity contribution in [2.75, 3.05) is 18.5 Å². The number of hydrogen-bond acceptors (Lipinski definition) is 5. The molecule has 0 aliphatic rings. The van der Waals surface area contributed by atoms with E-state index in [1.54, 1.807) is 66.7 Å². The van der Waals surface area contributed by atoms with Gasteiger partial charge in [0, 0.05) is 10.6 Å². The third-order valence-electron chi connectivity index (χ3n) is 4.19. The molecule has 0 fully saturated rings. The maximum absolute atomic E-state index is 13.0. The van der Waals surface area contributed by atoms with E-state index in [4.69, 9.17) is 25.8 Å². The summed E-state index contributed by atoms with van der Waals surface area (Å²) >= 11 is 5.92. The lowest BCUT2D eigenvalue weighted by Gasteiger charge is -2.19. The molecule has 3 rings (SSSR count). The number of benzene rings is 3. The van der Waals surface area contributed by atoms with Crippen molar-refractivity contribution in [2.45, 2.75) is 13.0 Å². The number of carbonyl (C=O) groups excluding carboxylic acids is 2. The minimum absolute atomic E-state index is 0.369. The Labute approximate surface area is 185 Å². The lowest BCUT2D eigenvalue weighted by molar-refractivity contribution is -0.156. The van der Waals surface area contributed by atoms with Crippen LogP contribution in [-0.2, 0) is 14.3 Å². The molecule has 0 saturated carbocycles. The predicted molar refractivity (Wildman–Crippen MR) is 118 cm³/mol. The third kappa shape index (κ3) is 6.49. The first-order valence-corrected chi connectivity index (χ1v) is 10.1. The molecule has 31 heavy (non-hydrogen) atoms. The van der Waals surface area contributed by atoms with E-state index in [0.717, 1.165) is 0 Å². The summed E-state index contributed by atoms with van der Waals surface area (Å²) in [6, 6.07) is 22.5.